The van der Waals surface area contributed by atoms with Crippen molar-refractivity contribution in [2.24, 2.45) is 5.41 Å². The molecular formula is C19H21N3O2. The third-order valence-corrected chi connectivity index (χ3v) is 3.97. The van der Waals surface area contributed by atoms with Crippen LogP contribution >= 0.6 is 0 Å². The Balaban J connectivity index is 2.10. The van der Waals surface area contributed by atoms with Crippen molar-refractivity contribution in [2.45, 2.75) is 27.2 Å². The topological polar surface area (TPSA) is 66.2 Å². The van der Waals surface area contributed by atoms with Crippen molar-refractivity contribution < 1.29 is 9.53 Å². The zero-order valence-corrected chi connectivity index (χ0v) is 14.3. The molecule has 1 aromatic rings. The number of pyridine rings is 1. The lowest BCUT2D eigenvalue weighted by Crippen LogP contribution is -2.45. The molecule has 0 saturated carbocycles. The Morgan fingerprint density at radius 3 is 3.00 bits per heavy atom. The highest BCUT2D eigenvalue weighted by atomic mass is 16.6. The number of hydrogen-bond acceptors (Lipinski definition) is 4. The fraction of sp³-hybridized carbons (Fsp3) is 0.421. The molecule has 24 heavy (non-hydrogen) atoms. The number of hydrogen-bond donors (Lipinski definition) is 0. The van der Waals surface area contributed by atoms with Crippen molar-refractivity contribution >= 4 is 6.09 Å². The molecule has 124 valence electrons. The van der Waals surface area contributed by atoms with Crippen LogP contribution in [0.25, 0.3) is 0 Å². The Morgan fingerprint density at radius 2 is 2.33 bits per heavy atom. The number of nitrogens with zero attached hydrogens (tertiary/aromatic N) is 3. The average molecular weight is 323 g/mol. The van der Waals surface area contributed by atoms with Crippen LogP contribution in [0.4, 0.5) is 4.79 Å². The van der Waals surface area contributed by atoms with Gasteiger partial charge in [-0.05, 0) is 37.5 Å². The fourth-order valence-corrected chi connectivity index (χ4v) is 2.66. The van der Waals surface area contributed by atoms with E-state index in [2.05, 4.69) is 36.7 Å². The van der Waals surface area contributed by atoms with Crippen molar-refractivity contribution in [1.82, 2.24) is 9.88 Å². The molecule has 1 aliphatic heterocycles. The highest BCUT2D eigenvalue weighted by Crippen LogP contribution is 2.34. The lowest BCUT2D eigenvalue weighted by atomic mass is 9.79. The lowest BCUT2D eigenvalue weighted by molar-refractivity contribution is 0.0862. The molecule has 0 aliphatic carbocycles. The monoisotopic (exact) mass is 323 g/mol. The van der Waals surface area contributed by atoms with Gasteiger partial charge in [0.05, 0.1) is 18.2 Å². The Morgan fingerprint density at radius 1 is 1.54 bits per heavy atom. The van der Waals surface area contributed by atoms with E-state index in [0.717, 1.165) is 6.42 Å². The molecule has 1 amide bonds. The third-order valence-electron chi connectivity index (χ3n) is 3.97. The van der Waals surface area contributed by atoms with Gasteiger partial charge in [0.25, 0.3) is 0 Å². The molecule has 1 aliphatic rings. The Hall–Kier alpha value is -2.79. The first kappa shape index (κ1) is 17.6. The van der Waals surface area contributed by atoms with Crippen molar-refractivity contribution in [2.75, 3.05) is 19.7 Å². The predicted octanol–water partition coefficient (Wildman–Crippen LogP) is 3.12. The summed E-state index contributed by atoms with van der Waals surface area (Å²) in [6.45, 7) is 7.64. The summed E-state index contributed by atoms with van der Waals surface area (Å²) in [5.41, 5.74) is 2.17. The lowest BCUT2D eigenvalue weighted by Gasteiger charge is -2.39. The third kappa shape index (κ3) is 4.36. The maximum absolute atomic E-state index is 11.9. The number of piperidine rings is 1. The van der Waals surface area contributed by atoms with E-state index >= 15 is 0 Å². The number of carbonyl (C=O) groups is 1. The minimum Gasteiger partial charge on any atom is -0.450 e. The van der Waals surface area contributed by atoms with Crippen molar-refractivity contribution in [3.05, 3.63) is 41.2 Å². The van der Waals surface area contributed by atoms with E-state index in [1.165, 1.54) is 5.57 Å². The smallest absolute Gasteiger partial charge is 0.409 e. The zero-order valence-electron chi connectivity index (χ0n) is 14.3. The molecule has 5 heteroatoms. The minimum absolute atomic E-state index is 0.151. The SMILES string of the molecule is CCOC(=O)N1CC/C(=C\C#Cc2cc(C#N)ccn2)C(C)(C)C1. The van der Waals surface area contributed by atoms with Gasteiger partial charge in [0, 0.05) is 24.7 Å². The number of rotatable bonds is 1. The number of ether oxygens (including phenoxy) is 1. The largest absolute Gasteiger partial charge is 0.450 e. The molecule has 2 rings (SSSR count). The van der Waals surface area contributed by atoms with Gasteiger partial charge in [-0.1, -0.05) is 25.3 Å². The highest BCUT2D eigenvalue weighted by Gasteiger charge is 2.33. The molecule has 0 aromatic carbocycles. The second kappa shape index (κ2) is 7.66. The van der Waals surface area contributed by atoms with Gasteiger partial charge in [-0.2, -0.15) is 5.26 Å². The molecule has 5 nitrogen and oxygen atoms in total. The molecule has 1 saturated heterocycles. The van der Waals surface area contributed by atoms with Crippen LogP contribution in [0.5, 0.6) is 0 Å². The van der Waals surface area contributed by atoms with E-state index in [4.69, 9.17) is 10.00 Å². The summed E-state index contributed by atoms with van der Waals surface area (Å²) in [4.78, 5) is 17.8. The fourth-order valence-electron chi connectivity index (χ4n) is 2.66. The van der Waals surface area contributed by atoms with Gasteiger partial charge in [-0.3, -0.25) is 0 Å². The average Bonchev–Trinajstić information content (AvgIpc) is 2.56. The van der Waals surface area contributed by atoms with Gasteiger partial charge in [-0.15, -0.1) is 0 Å². The number of aromatic nitrogens is 1. The Labute approximate surface area is 142 Å². The van der Waals surface area contributed by atoms with Crippen molar-refractivity contribution in [3.63, 3.8) is 0 Å². The van der Waals surface area contributed by atoms with E-state index in [1.807, 2.05) is 13.0 Å². The quantitative estimate of drug-likeness (QED) is 0.745. The van der Waals surface area contributed by atoms with Crippen LogP contribution in [0.15, 0.2) is 30.0 Å². The van der Waals surface area contributed by atoms with Crippen molar-refractivity contribution in [3.8, 4) is 17.9 Å². The number of likely N-dealkylation sites (tertiary alicyclic amines) is 1. The first-order valence-corrected chi connectivity index (χ1v) is 7.95. The molecular weight excluding hydrogens is 302 g/mol. The number of carbonyl (C=O) groups excluding carboxylic acids is 1. The van der Waals surface area contributed by atoms with Crippen LogP contribution in [-0.2, 0) is 4.74 Å². The van der Waals surface area contributed by atoms with E-state index in [9.17, 15) is 4.79 Å². The summed E-state index contributed by atoms with van der Waals surface area (Å²) in [6.07, 6.45) is 4.00. The van der Waals surface area contributed by atoms with E-state index in [-0.39, 0.29) is 11.5 Å². The van der Waals surface area contributed by atoms with Crippen LogP contribution in [-0.4, -0.2) is 35.7 Å². The van der Waals surface area contributed by atoms with Gasteiger partial charge in [0.15, 0.2) is 0 Å². The summed E-state index contributed by atoms with van der Waals surface area (Å²) in [7, 11) is 0. The first-order valence-electron chi connectivity index (χ1n) is 7.95. The normalized spacial score (nSPS) is 17.6. The molecule has 0 spiro atoms. The molecule has 0 bridgehead atoms. The van der Waals surface area contributed by atoms with Gasteiger partial charge in [-0.25, -0.2) is 9.78 Å². The van der Waals surface area contributed by atoms with Gasteiger partial charge in [0.2, 0.25) is 0 Å². The summed E-state index contributed by atoms with van der Waals surface area (Å²) >= 11 is 0. The number of amides is 1. The van der Waals surface area contributed by atoms with E-state index < -0.39 is 0 Å². The van der Waals surface area contributed by atoms with Crippen LogP contribution in [0.3, 0.4) is 0 Å². The summed E-state index contributed by atoms with van der Waals surface area (Å²) < 4.78 is 5.08. The summed E-state index contributed by atoms with van der Waals surface area (Å²) in [5, 5.41) is 8.89. The van der Waals surface area contributed by atoms with Crippen LogP contribution in [0.2, 0.25) is 0 Å². The zero-order chi connectivity index (χ0) is 17.6. The van der Waals surface area contributed by atoms with Crippen LogP contribution in [0, 0.1) is 28.6 Å². The first-order chi connectivity index (χ1) is 11.5. The van der Waals surface area contributed by atoms with Crippen molar-refractivity contribution in [1.29, 1.82) is 5.26 Å². The number of allylic oxidation sites excluding steroid dienone is 1. The minimum atomic E-state index is -0.256. The number of nitriles is 1. The summed E-state index contributed by atoms with van der Waals surface area (Å²) in [6, 6.07) is 5.39. The molecule has 1 fully saturated rings. The molecule has 1 aromatic heterocycles. The van der Waals surface area contributed by atoms with Gasteiger partial charge >= 0.3 is 6.09 Å². The second-order valence-electron chi connectivity index (χ2n) is 6.23. The molecule has 0 radical (unpaired) electrons. The van der Waals surface area contributed by atoms with Gasteiger partial charge in [0.1, 0.15) is 5.69 Å². The Bertz CT molecular complexity index is 748. The maximum Gasteiger partial charge on any atom is 0.409 e. The maximum atomic E-state index is 11.9. The Kier molecular flexibility index (Phi) is 5.60. The van der Waals surface area contributed by atoms with Crippen LogP contribution in [0.1, 0.15) is 38.4 Å². The van der Waals surface area contributed by atoms with Gasteiger partial charge < -0.3 is 9.64 Å². The molecule has 0 N–H and O–H groups in total. The summed E-state index contributed by atoms with van der Waals surface area (Å²) in [5.74, 6) is 5.99. The van der Waals surface area contributed by atoms with E-state index in [1.54, 1.807) is 23.2 Å². The second-order valence-corrected chi connectivity index (χ2v) is 6.23. The molecule has 2 heterocycles. The highest BCUT2D eigenvalue weighted by molar-refractivity contribution is 5.68. The van der Waals surface area contributed by atoms with Crippen LogP contribution < -0.4 is 0 Å². The molecule has 0 unspecified atom stereocenters. The predicted molar refractivity (Wildman–Crippen MR) is 90.9 cm³/mol. The standard InChI is InChI=1S/C19H21N3O2/c1-4-24-18(23)22-11-9-16(19(2,3)14-22)6-5-7-17-12-15(13-20)8-10-21-17/h6,8,10,12H,4,9,11,14H2,1-3H3/b16-6+. The van der Waals surface area contributed by atoms with E-state index in [0.29, 0.717) is 31.0 Å². The molecule has 0 atom stereocenters.